The first kappa shape index (κ1) is 13.2. The molecular formula is C12H10O6S. The number of rotatable bonds is 4. The fourth-order valence-electron chi connectivity index (χ4n) is 1.36. The van der Waals surface area contributed by atoms with Gasteiger partial charge < -0.3 is 14.3 Å². The van der Waals surface area contributed by atoms with Crippen LogP contribution < -0.4 is 4.74 Å². The maximum absolute atomic E-state index is 11.3. The SMILES string of the molecule is CS(=O)(=O)c1ccc(Oc2ccc(C(=O)O)o2)cc1. The molecule has 6 nitrogen and oxygen atoms in total. The molecule has 1 aromatic heterocycles. The van der Waals surface area contributed by atoms with E-state index >= 15 is 0 Å². The summed E-state index contributed by atoms with van der Waals surface area (Å²) in [4.78, 5) is 10.8. The molecule has 100 valence electrons. The van der Waals surface area contributed by atoms with Crippen molar-refractivity contribution in [3.05, 3.63) is 42.2 Å². The summed E-state index contributed by atoms with van der Waals surface area (Å²) >= 11 is 0. The average Bonchev–Trinajstić information content (AvgIpc) is 2.77. The molecule has 0 aliphatic rings. The molecule has 0 atom stereocenters. The van der Waals surface area contributed by atoms with Crippen molar-refractivity contribution in [1.82, 2.24) is 0 Å². The molecule has 0 aliphatic carbocycles. The maximum atomic E-state index is 11.3. The number of carboxylic acid groups (broad SMARTS) is 1. The Hall–Kier alpha value is -2.28. The first-order chi connectivity index (χ1) is 8.86. The number of ether oxygens (including phenoxy) is 1. The van der Waals surface area contributed by atoms with Gasteiger partial charge in [0.2, 0.25) is 5.76 Å². The molecule has 2 rings (SSSR count). The number of hydrogen-bond acceptors (Lipinski definition) is 5. The predicted octanol–water partition coefficient (Wildman–Crippen LogP) is 2.17. The van der Waals surface area contributed by atoms with E-state index in [0.29, 0.717) is 5.75 Å². The minimum absolute atomic E-state index is 0.0181. The van der Waals surface area contributed by atoms with Crippen LogP contribution in [-0.2, 0) is 9.84 Å². The van der Waals surface area contributed by atoms with Gasteiger partial charge in [0.15, 0.2) is 9.84 Å². The molecule has 1 heterocycles. The summed E-state index contributed by atoms with van der Waals surface area (Å²) in [7, 11) is -3.26. The number of sulfone groups is 1. The van der Waals surface area contributed by atoms with Crippen molar-refractivity contribution in [1.29, 1.82) is 0 Å². The third kappa shape index (κ3) is 3.14. The molecule has 0 saturated heterocycles. The van der Waals surface area contributed by atoms with Gasteiger partial charge in [0.25, 0.3) is 5.95 Å². The molecule has 2 aromatic rings. The van der Waals surface area contributed by atoms with Crippen LogP contribution in [0.5, 0.6) is 11.7 Å². The Morgan fingerprint density at radius 1 is 1.16 bits per heavy atom. The smallest absolute Gasteiger partial charge is 0.371 e. The van der Waals surface area contributed by atoms with E-state index in [2.05, 4.69) is 0 Å². The average molecular weight is 282 g/mol. The zero-order valence-corrected chi connectivity index (χ0v) is 10.7. The Balaban J connectivity index is 2.17. The van der Waals surface area contributed by atoms with Gasteiger partial charge in [0.1, 0.15) is 5.75 Å². The second kappa shape index (κ2) is 4.77. The molecule has 0 amide bonds. The van der Waals surface area contributed by atoms with Crippen LogP contribution in [0.4, 0.5) is 0 Å². The van der Waals surface area contributed by atoms with Crippen molar-refractivity contribution >= 4 is 15.8 Å². The summed E-state index contributed by atoms with van der Waals surface area (Å²) in [6.45, 7) is 0. The fourth-order valence-corrected chi connectivity index (χ4v) is 1.99. The van der Waals surface area contributed by atoms with Crippen LogP contribution >= 0.6 is 0 Å². The number of carbonyl (C=O) groups is 1. The van der Waals surface area contributed by atoms with Crippen LogP contribution in [0.25, 0.3) is 0 Å². The van der Waals surface area contributed by atoms with Crippen LogP contribution in [-0.4, -0.2) is 25.7 Å². The van der Waals surface area contributed by atoms with Crippen LogP contribution in [0.2, 0.25) is 0 Å². The Labute approximate surface area is 109 Å². The van der Waals surface area contributed by atoms with E-state index in [1.807, 2.05) is 0 Å². The number of benzene rings is 1. The van der Waals surface area contributed by atoms with E-state index in [4.69, 9.17) is 14.3 Å². The Morgan fingerprint density at radius 3 is 2.26 bits per heavy atom. The standard InChI is InChI=1S/C12H10O6S/c1-19(15,16)9-4-2-8(3-5-9)17-11-7-6-10(18-11)12(13)14/h2-7H,1H3,(H,13,14). The quantitative estimate of drug-likeness (QED) is 0.923. The third-order valence-corrected chi connectivity index (χ3v) is 3.39. The van der Waals surface area contributed by atoms with Gasteiger partial charge in [0, 0.05) is 12.3 Å². The van der Waals surface area contributed by atoms with E-state index in [1.165, 1.54) is 36.4 Å². The van der Waals surface area contributed by atoms with Gasteiger partial charge in [-0.05, 0) is 30.3 Å². The van der Waals surface area contributed by atoms with Crippen molar-refractivity contribution in [3.8, 4) is 11.7 Å². The molecule has 0 unspecified atom stereocenters. The minimum Gasteiger partial charge on any atom is -0.475 e. The third-order valence-electron chi connectivity index (χ3n) is 2.26. The summed E-state index contributed by atoms with van der Waals surface area (Å²) in [5.74, 6) is -1.06. The molecule has 0 saturated carbocycles. The van der Waals surface area contributed by atoms with E-state index in [1.54, 1.807) is 0 Å². The maximum Gasteiger partial charge on any atom is 0.371 e. The van der Waals surface area contributed by atoms with Crippen LogP contribution in [0, 0.1) is 0 Å². The summed E-state index contributed by atoms with van der Waals surface area (Å²) < 4.78 is 32.7. The predicted molar refractivity (Wildman–Crippen MR) is 65.3 cm³/mol. The van der Waals surface area contributed by atoms with Gasteiger partial charge in [-0.2, -0.15) is 0 Å². The van der Waals surface area contributed by atoms with Gasteiger partial charge in [-0.25, -0.2) is 13.2 Å². The lowest BCUT2D eigenvalue weighted by atomic mass is 10.3. The lowest BCUT2D eigenvalue weighted by Gasteiger charge is -2.03. The second-order valence-electron chi connectivity index (χ2n) is 3.77. The highest BCUT2D eigenvalue weighted by molar-refractivity contribution is 7.90. The molecular weight excluding hydrogens is 272 g/mol. The molecule has 1 aromatic carbocycles. The van der Waals surface area contributed by atoms with E-state index < -0.39 is 15.8 Å². The van der Waals surface area contributed by atoms with Crippen molar-refractivity contribution < 1.29 is 27.5 Å². The highest BCUT2D eigenvalue weighted by Crippen LogP contribution is 2.24. The van der Waals surface area contributed by atoms with Crippen LogP contribution in [0.3, 0.4) is 0 Å². The Bertz CT molecular complexity index is 696. The number of carboxylic acids is 1. The summed E-state index contributed by atoms with van der Waals surface area (Å²) in [5, 5.41) is 8.67. The number of hydrogen-bond donors (Lipinski definition) is 1. The highest BCUT2D eigenvalue weighted by Gasteiger charge is 2.11. The monoisotopic (exact) mass is 282 g/mol. The zero-order valence-electron chi connectivity index (χ0n) is 9.86. The van der Waals surface area contributed by atoms with E-state index in [9.17, 15) is 13.2 Å². The van der Waals surface area contributed by atoms with Crippen LogP contribution in [0.15, 0.2) is 45.7 Å². The van der Waals surface area contributed by atoms with Gasteiger partial charge >= 0.3 is 5.97 Å². The largest absolute Gasteiger partial charge is 0.475 e. The molecule has 7 heteroatoms. The Kier molecular flexibility index (Phi) is 3.30. The zero-order chi connectivity index (χ0) is 14.0. The van der Waals surface area contributed by atoms with Crippen LogP contribution in [0.1, 0.15) is 10.6 Å². The lowest BCUT2D eigenvalue weighted by Crippen LogP contribution is -1.96. The van der Waals surface area contributed by atoms with Gasteiger partial charge in [-0.15, -0.1) is 0 Å². The van der Waals surface area contributed by atoms with Crippen molar-refractivity contribution in [2.45, 2.75) is 4.90 Å². The lowest BCUT2D eigenvalue weighted by molar-refractivity contribution is 0.0657. The molecule has 19 heavy (non-hydrogen) atoms. The summed E-state index contributed by atoms with van der Waals surface area (Å²) in [5.41, 5.74) is 0. The Morgan fingerprint density at radius 2 is 1.79 bits per heavy atom. The van der Waals surface area contributed by atoms with Crippen molar-refractivity contribution in [2.75, 3.05) is 6.26 Å². The van der Waals surface area contributed by atoms with E-state index in [-0.39, 0.29) is 16.6 Å². The fraction of sp³-hybridized carbons (Fsp3) is 0.0833. The van der Waals surface area contributed by atoms with Crippen molar-refractivity contribution in [2.24, 2.45) is 0 Å². The summed E-state index contributed by atoms with van der Waals surface area (Å²) in [6.07, 6.45) is 1.11. The van der Waals surface area contributed by atoms with Gasteiger partial charge in [0.05, 0.1) is 4.90 Å². The second-order valence-corrected chi connectivity index (χ2v) is 5.79. The minimum atomic E-state index is -3.26. The molecule has 0 radical (unpaired) electrons. The topological polar surface area (TPSA) is 93.8 Å². The van der Waals surface area contributed by atoms with Crippen molar-refractivity contribution in [3.63, 3.8) is 0 Å². The van der Waals surface area contributed by atoms with Gasteiger partial charge in [-0.1, -0.05) is 0 Å². The first-order valence-electron chi connectivity index (χ1n) is 5.17. The number of furan rings is 1. The molecule has 1 N–H and O–H groups in total. The summed E-state index contributed by atoms with van der Waals surface area (Å²) in [6, 6.07) is 8.34. The molecule has 0 fully saturated rings. The van der Waals surface area contributed by atoms with Gasteiger partial charge in [-0.3, -0.25) is 0 Å². The number of aromatic carboxylic acids is 1. The van der Waals surface area contributed by atoms with E-state index in [0.717, 1.165) is 6.26 Å². The highest BCUT2D eigenvalue weighted by atomic mass is 32.2. The first-order valence-corrected chi connectivity index (χ1v) is 7.06. The molecule has 0 aliphatic heterocycles. The normalized spacial score (nSPS) is 11.2. The molecule has 0 bridgehead atoms. The molecule has 0 spiro atoms.